The van der Waals surface area contributed by atoms with Gasteiger partial charge >= 0.3 is 5.97 Å². The van der Waals surface area contributed by atoms with Crippen LogP contribution in [0.15, 0.2) is 0 Å². The number of piperazine rings is 1. The van der Waals surface area contributed by atoms with E-state index in [9.17, 15) is 19.5 Å². The highest BCUT2D eigenvalue weighted by molar-refractivity contribution is 7.08. The predicted octanol–water partition coefficient (Wildman–Crippen LogP) is -0.139. The Bertz CT molecular complexity index is 592. The third kappa shape index (κ3) is 3.02. The lowest BCUT2D eigenvalue weighted by Crippen LogP contribution is -2.59. The van der Waals surface area contributed by atoms with E-state index in [0.717, 1.165) is 16.4 Å². The van der Waals surface area contributed by atoms with Crippen LogP contribution in [0.3, 0.4) is 0 Å². The number of hydrogen-bond donors (Lipinski definition) is 2. The van der Waals surface area contributed by atoms with Gasteiger partial charge in [-0.25, -0.2) is 4.79 Å². The summed E-state index contributed by atoms with van der Waals surface area (Å²) in [6.07, 6.45) is 0. The van der Waals surface area contributed by atoms with Crippen LogP contribution in [0.2, 0.25) is 0 Å². The quantitative estimate of drug-likeness (QED) is 0.786. The summed E-state index contributed by atoms with van der Waals surface area (Å²) >= 11 is 0.916. The lowest BCUT2D eigenvalue weighted by atomic mass is 9.91. The van der Waals surface area contributed by atoms with Crippen molar-refractivity contribution < 1.29 is 19.5 Å². The van der Waals surface area contributed by atoms with Crippen molar-refractivity contribution >= 4 is 29.3 Å². The summed E-state index contributed by atoms with van der Waals surface area (Å²) in [6.45, 7) is 5.28. The average molecular weight is 312 g/mol. The van der Waals surface area contributed by atoms with E-state index in [0.29, 0.717) is 5.69 Å². The van der Waals surface area contributed by atoms with E-state index < -0.39 is 23.3 Å². The van der Waals surface area contributed by atoms with E-state index in [4.69, 9.17) is 0 Å². The van der Waals surface area contributed by atoms with Crippen molar-refractivity contribution in [3.8, 4) is 0 Å². The lowest BCUT2D eigenvalue weighted by Gasteiger charge is -2.32. The Morgan fingerprint density at radius 3 is 2.67 bits per heavy atom. The summed E-state index contributed by atoms with van der Waals surface area (Å²) in [5.74, 6) is -2.05. The minimum atomic E-state index is -1.15. The zero-order valence-electron chi connectivity index (χ0n) is 11.9. The molecule has 1 fully saturated rings. The third-order valence-electron chi connectivity index (χ3n) is 3.12. The molecule has 1 aliphatic heterocycles. The topological polar surface area (TPSA) is 112 Å². The van der Waals surface area contributed by atoms with Crippen molar-refractivity contribution in [3.05, 3.63) is 10.6 Å². The monoisotopic (exact) mass is 312 g/mol. The highest BCUT2D eigenvalue weighted by atomic mass is 32.1. The number of aromatic nitrogens is 2. The molecule has 9 heteroatoms. The first-order valence-electron chi connectivity index (χ1n) is 6.35. The fourth-order valence-corrected chi connectivity index (χ4v) is 2.86. The molecule has 0 spiro atoms. The van der Waals surface area contributed by atoms with Gasteiger partial charge in [0.25, 0.3) is 5.91 Å². The van der Waals surface area contributed by atoms with Crippen LogP contribution in [0.4, 0.5) is 0 Å². The molecule has 1 aliphatic rings. The Kier molecular flexibility index (Phi) is 3.95. The minimum absolute atomic E-state index is 0.100. The van der Waals surface area contributed by atoms with E-state index in [1.165, 1.54) is 0 Å². The van der Waals surface area contributed by atoms with Crippen LogP contribution in [-0.4, -0.2) is 56.5 Å². The summed E-state index contributed by atoms with van der Waals surface area (Å²) < 4.78 is 3.79. The first-order valence-corrected chi connectivity index (χ1v) is 7.12. The molecule has 1 unspecified atom stereocenters. The Morgan fingerprint density at radius 1 is 1.43 bits per heavy atom. The number of amides is 2. The number of aliphatic carboxylic acids is 1. The van der Waals surface area contributed by atoms with Crippen LogP contribution in [0.25, 0.3) is 0 Å². The van der Waals surface area contributed by atoms with Crippen LogP contribution >= 0.6 is 11.5 Å². The molecule has 0 aromatic carbocycles. The van der Waals surface area contributed by atoms with Gasteiger partial charge in [-0.1, -0.05) is 25.3 Å². The summed E-state index contributed by atoms with van der Waals surface area (Å²) in [5.41, 5.74) is 0.113. The molecule has 1 aromatic heterocycles. The molecule has 1 saturated heterocycles. The van der Waals surface area contributed by atoms with Gasteiger partial charge < -0.3 is 15.3 Å². The van der Waals surface area contributed by atoms with E-state index in [-0.39, 0.29) is 23.9 Å². The van der Waals surface area contributed by atoms with Gasteiger partial charge in [0.05, 0.1) is 5.69 Å². The van der Waals surface area contributed by atoms with Crippen molar-refractivity contribution in [1.29, 1.82) is 0 Å². The SMILES string of the molecule is CC(C)(C)c1nnsc1C(=O)N1CC(=O)NCC1C(=O)O. The number of carbonyl (C=O) groups is 3. The van der Waals surface area contributed by atoms with Gasteiger partial charge in [0, 0.05) is 12.0 Å². The summed E-state index contributed by atoms with van der Waals surface area (Å²) in [6, 6.07) is -1.08. The molecule has 114 valence electrons. The van der Waals surface area contributed by atoms with Gasteiger partial charge in [-0.05, 0) is 11.5 Å². The van der Waals surface area contributed by atoms with Crippen molar-refractivity contribution in [3.63, 3.8) is 0 Å². The predicted molar refractivity (Wildman–Crippen MR) is 74.1 cm³/mol. The fourth-order valence-electron chi connectivity index (χ4n) is 2.03. The van der Waals surface area contributed by atoms with Gasteiger partial charge in [-0.2, -0.15) is 0 Å². The number of rotatable bonds is 2. The van der Waals surface area contributed by atoms with E-state index in [2.05, 4.69) is 14.9 Å². The van der Waals surface area contributed by atoms with Gasteiger partial charge in [0.2, 0.25) is 5.91 Å². The maximum atomic E-state index is 12.6. The molecule has 0 bridgehead atoms. The second-order valence-electron chi connectivity index (χ2n) is 5.79. The molecule has 8 nitrogen and oxygen atoms in total. The average Bonchev–Trinajstić information content (AvgIpc) is 2.86. The maximum absolute atomic E-state index is 12.6. The molecular weight excluding hydrogens is 296 g/mol. The van der Waals surface area contributed by atoms with Gasteiger partial charge in [-0.3, -0.25) is 9.59 Å². The zero-order valence-corrected chi connectivity index (χ0v) is 12.7. The largest absolute Gasteiger partial charge is 0.480 e. The summed E-state index contributed by atoms with van der Waals surface area (Å²) in [7, 11) is 0. The van der Waals surface area contributed by atoms with E-state index in [1.54, 1.807) is 0 Å². The summed E-state index contributed by atoms with van der Waals surface area (Å²) in [5, 5.41) is 15.6. The number of carbonyl (C=O) groups excluding carboxylic acids is 2. The molecule has 2 amide bonds. The van der Waals surface area contributed by atoms with Crippen LogP contribution in [0.1, 0.15) is 36.1 Å². The molecule has 1 atom stereocenters. The Balaban J connectivity index is 2.35. The molecule has 21 heavy (non-hydrogen) atoms. The van der Waals surface area contributed by atoms with Crippen molar-refractivity contribution in [1.82, 2.24) is 19.8 Å². The van der Waals surface area contributed by atoms with Crippen molar-refractivity contribution in [2.45, 2.75) is 32.2 Å². The smallest absolute Gasteiger partial charge is 0.328 e. The van der Waals surface area contributed by atoms with Crippen molar-refractivity contribution in [2.24, 2.45) is 0 Å². The van der Waals surface area contributed by atoms with Gasteiger partial charge in [-0.15, -0.1) is 5.10 Å². The zero-order chi connectivity index (χ0) is 15.8. The molecule has 0 aliphatic carbocycles. The normalized spacial score (nSPS) is 19.3. The third-order valence-corrected chi connectivity index (χ3v) is 3.84. The van der Waals surface area contributed by atoms with Crippen LogP contribution in [0, 0.1) is 0 Å². The van der Waals surface area contributed by atoms with Crippen LogP contribution in [0.5, 0.6) is 0 Å². The lowest BCUT2D eigenvalue weighted by molar-refractivity contribution is -0.144. The summed E-state index contributed by atoms with van der Waals surface area (Å²) in [4.78, 5) is 36.7. The molecule has 0 saturated carbocycles. The second kappa shape index (κ2) is 5.40. The maximum Gasteiger partial charge on any atom is 0.328 e. The first kappa shape index (κ1) is 15.4. The molecule has 2 N–H and O–H groups in total. The number of carboxylic acid groups (broad SMARTS) is 1. The van der Waals surface area contributed by atoms with Crippen molar-refractivity contribution in [2.75, 3.05) is 13.1 Å². The number of carboxylic acids is 1. The van der Waals surface area contributed by atoms with E-state index in [1.807, 2.05) is 20.8 Å². The van der Waals surface area contributed by atoms with Gasteiger partial charge in [0.1, 0.15) is 17.5 Å². The van der Waals surface area contributed by atoms with E-state index >= 15 is 0 Å². The molecule has 1 aromatic rings. The molecular formula is C12H16N4O4S. The number of hydrogen-bond acceptors (Lipinski definition) is 6. The van der Waals surface area contributed by atoms with Gasteiger partial charge in [0.15, 0.2) is 0 Å². The second-order valence-corrected chi connectivity index (χ2v) is 6.55. The Labute approximate surface area is 125 Å². The molecule has 2 heterocycles. The Hall–Kier alpha value is -2.03. The first-order chi connectivity index (χ1) is 9.71. The van der Waals surface area contributed by atoms with Crippen LogP contribution in [-0.2, 0) is 15.0 Å². The molecule has 2 rings (SSSR count). The fraction of sp³-hybridized carbons (Fsp3) is 0.583. The number of nitrogens with zero attached hydrogens (tertiary/aromatic N) is 3. The molecule has 0 radical (unpaired) electrons. The van der Waals surface area contributed by atoms with Crippen LogP contribution < -0.4 is 5.32 Å². The minimum Gasteiger partial charge on any atom is -0.480 e. The highest BCUT2D eigenvalue weighted by Crippen LogP contribution is 2.27. The standard InChI is InChI=1S/C12H16N4O4S/c1-12(2,3)9-8(21-15-14-9)10(18)16-5-7(17)13-4-6(16)11(19)20/h6H,4-5H2,1-3H3,(H,13,17)(H,19,20). The highest BCUT2D eigenvalue weighted by Gasteiger charge is 2.38. The Morgan fingerprint density at radius 2 is 2.10 bits per heavy atom. The number of nitrogens with one attached hydrogen (secondary N) is 1.